The number of carbonyl (C=O) groups excluding carboxylic acids is 1. The average Bonchev–Trinajstić information content (AvgIpc) is 3.35. The topological polar surface area (TPSA) is 85.3 Å². The third-order valence-electron chi connectivity index (χ3n) is 5.34. The third kappa shape index (κ3) is 3.21. The summed E-state index contributed by atoms with van der Waals surface area (Å²) in [7, 11) is 1.65. The molecular weight excluding hydrogens is 370 g/mol. The van der Waals surface area contributed by atoms with Gasteiger partial charge in [0.1, 0.15) is 24.3 Å². The molecule has 1 aromatic carbocycles. The van der Waals surface area contributed by atoms with E-state index in [1.807, 2.05) is 39.9 Å². The maximum Gasteiger partial charge on any atom is 0.242 e. The van der Waals surface area contributed by atoms with Gasteiger partial charge in [-0.25, -0.2) is 9.97 Å². The number of amides is 1. The fraction of sp³-hybridized carbons (Fsp3) is 0.286. The summed E-state index contributed by atoms with van der Waals surface area (Å²) >= 11 is 0. The van der Waals surface area contributed by atoms with E-state index in [1.165, 1.54) is 6.33 Å². The maximum absolute atomic E-state index is 12.8. The van der Waals surface area contributed by atoms with Crippen LogP contribution in [0.25, 0.3) is 33.2 Å². The van der Waals surface area contributed by atoms with Gasteiger partial charge in [0, 0.05) is 53.0 Å². The number of nitrogens with zero attached hydrogens (tertiary/aromatic N) is 4. The predicted octanol–water partition coefficient (Wildman–Crippen LogP) is 2.45. The van der Waals surface area contributed by atoms with Gasteiger partial charge in [0.05, 0.1) is 20.3 Å². The second-order valence-corrected chi connectivity index (χ2v) is 7.06. The molecule has 1 fully saturated rings. The Balaban J connectivity index is 1.58. The van der Waals surface area contributed by atoms with Gasteiger partial charge in [0.25, 0.3) is 0 Å². The van der Waals surface area contributed by atoms with Gasteiger partial charge in [-0.05, 0) is 24.3 Å². The van der Waals surface area contributed by atoms with E-state index in [4.69, 9.17) is 9.47 Å². The fourth-order valence-electron chi connectivity index (χ4n) is 3.82. The van der Waals surface area contributed by atoms with Gasteiger partial charge in [0.2, 0.25) is 5.91 Å². The molecule has 4 heterocycles. The van der Waals surface area contributed by atoms with Crippen LogP contribution in [0.4, 0.5) is 0 Å². The lowest BCUT2D eigenvalue weighted by molar-refractivity contribution is -0.135. The molecule has 8 heteroatoms. The summed E-state index contributed by atoms with van der Waals surface area (Å²) in [5, 5.41) is 1.95. The van der Waals surface area contributed by atoms with E-state index in [0.717, 1.165) is 38.9 Å². The van der Waals surface area contributed by atoms with Crippen LogP contribution in [-0.4, -0.2) is 63.7 Å². The van der Waals surface area contributed by atoms with Crippen molar-refractivity contribution in [3.63, 3.8) is 0 Å². The van der Waals surface area contributed by atoms with Crippen molar-refractivity contribution in [3.8, 4) is 17.0 Å². The standard InChI is InChI=1S/C21H21N5O3/c1-28-15-2-3-19-16(9-15)17(18-8-14-10-22-13-23-21(14)24-18)11-26(19)12-20(27)25-4-6-29-7-5-25/h2-3,8-11,13H,4-7,12H2,1H3,(H,22,23,24). The van der Waals surface area contributed by atoms with Crippen molar-refractivity contribution in [2.45, 2.75) is 6.54 Å². The van der Waals surface area contributed by atoms with Crippen molar-refractivity contribution >= 4 is 27.8 Å². The van der Waals surface area contributed by atoms with Crippen LogP contribution in [0.15, 0.2) is 43.0 Å². The zero-order valence-electron chi connectivity index (χ0n) is 16.1. The maximum atomic E-state index is 12.8. The molecule has 1 aliphatic rings. The molecule has 148 valence electrons. The predicted molar refractivity (Wildman–Crippen MR) is 109 cm³/mol. The van der Waals surface area contributed by atoms with Crippen LogP contribution in [-0.2, 0) is 16.1 Å². The van der Waals surface area contributed by atoms with Crippen molar-refractivity contribution in [3.05, 3.63) is 43.0 Å². The molecule has 4 aromatic rings. The van der Waals surface area contributed by atoms with Gasteiger partial charge in [0.15, 0.2) is 0 Å². The molecule has 0 unspecified atom stereocenters. The third-order valence-corrected chi connectivity index (χ3v) is 5.34. The van der Waals surface area contributed by atoms with Gasteiger partial charge in [-0.2, -0.15) is 0 Å². The number of H-pyrrole nitrogens is 1. The molecule has 1 aliphatic heterocycles. The van der Waals surface area contributed by atoms with Gasteiger partial charge < -0.3 is 23.9 Å². The average molecular weight is 391 g/mol. The molecule has 29 heavy (non-hydrogen) atoms. The van der Waals surface area contributed by atoms with E-state index in [0.29, 0.717) is 26.3 Å². The molecule has 0 aliphatic carbocycles. The van der Waals surface area contributed by atoms with Crippen molar-refractivity contribution in [2.75, 3.05) is 33.4 Å². The largest absolute Gasteiger partial charge is 0.497 e. The van der Waals surface area contributed by atoms with Gasteiger partial charge in [-0.3, -0.25) is 4.79 Å². The van der Waals surface area contributed by atoms with Crippen molar-refractivity contribution < 1.29 is 14.3 Å². The van der Waals surface area contributed by atoms with E-state index in [1.54, 1.807) is 13.3 Å². The number of hydrogen-bond donors (Lipinski definition) is 1. The number of carbonyl (C=O) groups is 1. The van der Waals surface area contributed by atoms with Crippen LogP contribution in [0.2, 0.25) is 0 Å². The second-order valence-electron chi connectivity index (χ2n) is 7.06. The molecule has 0 spiro atoms. The minimum absolute atomic E-state index is 0.0927. The quantitative estimate of drug-likeness (QED) is 0.578. The lowest BCUT2D eigenvalue weighted by atomic mass is 10.1. The second kappa shape index (κ2) is 7.21. The van der Waals surface area contributed by atoms with Crippen LogP contribution in [0.3, 0.4) is 0 Å². The Morgan fingerprint density at radius 3 is 2.93 bits per heavy atom. The van der Waals surface area contributed by atoms with Crippen LogP contribution in [0, 0.1) is 0 Å². The van der Waals surface area contributed by atoms with E-state index in [2.05, 4.69) is 15.0 Å². The lowest BCUT2D eigenvalue weighted by Crippen LogP contribution is -2.42. The number of methoxy groups -OCH3 is 1. The smallest absolute Gasteiger partial charge is 0.242 e. The highest BCUT2D eigenvalue weighted by Gasteiger charge is 2.20. The molecular formula is C21H21N5O3. The summed E-state index contributed by atoms with van der Waals surface area (Å²) in [6.07, 6.45) is 5.32. The van der Waals surface area contributed by atoms with Crippen molar-refractivity contribution in [1.29, 1.82) is 0 Å². The molecule has 0 radical (unpaired) electrons. The van der Waals surface area contributed by atoms with Crippen molar-refractivity contribution in [2.24, 2.45) is 0 Å². The number of morpholine rings is 1. The Morgan fingerprint density at radius 1 is 1.28 bits per heavy atom. The molecule has 0 atom stereocenters. The van der Waals surface area contributed by atoms with E-state index < -0.39 is 0 Å². The summed E-state index contributed by atoms with van der Waals surface area (Å²) in [5.74, 6) is 0.863. The molecule has 0 saturated carbocycles. The highest BCUT2D eigenvalue weighted by Crippen LogP contribution is 2.34. The Labute approximate surface area is 167 Å². The number of aromatic nitrogens is 4. The first kappa shape index (κ1) is 17.7. The highest BCUT2D eigenvalue weighted by molar-refractivity contribution is 5.99. The Morgan fingerprint density at radius 2 is 2.14 bits per heavy atom. The number of benzene rings is 1. The SMILES string of the molecule is COc1ccc2c(c1)c(-c1cc3cncnc3[nH]1)cn2CC(=O)N1CCOCC1. The number of nitrogens with one attached hydrogen (secondary N) is 1. The summed E-state index contributed by atoms with van der Waals surface area (Å²) in [6, 6.07) is 7.93. The van der Waals surface area contributed by atoms with E-state index in [9.17, 15) is 4.79 Å². The molecule has 1 N–H and O–H groups in total. The molecule has 8 nitrogen and oxygen atoms in total. The minimum atomic E-state index is 0.0927. The summed E-state index contributed by atoms with van der Waals surface area (Å²) in [4.78, 5) is 26.4. The molecule has 3 aromatic heterocycles. The first-order chi connectivity index (χ1) is 14.2. The Bertz CT molecular complexity index is 1160. The zero-order chi connectivity index (χ0) is 19.8. The molecule has 1 amide bonds. The minimum Gasteiger partial charge on any atom is -0.497 e. The van der Waals surface area contributed by atoms with Crippen LogP contribution < -0.4 is 4.74 Å². The zero-order valence-corrected chi connectivity index (χ0v) is 16.1. The highest BCUT2D eigenvalue weighted by atomic mass is 16.5. The van der Waals surface area contributed by atoms with Crippen LogP contribution >= 0.6 is 0 Å². The monoisotopic (exact) mass is 391 g/mol. The van der Waals surface area contributed by atoms with Crippen molar-refractivity contribution in [1.82, 2.24) is 24.4 Å². The summed E-state index contributed by atoms with van der Waals surface area (Å²) < 4.78 is 12.8. The summed E-state index contributed by atoms with van der Waals surface area (Å²) in [6.45, 7) is 2.75. The number of aromatic amines is 1. The Hall–Kier alpha value is -3.39. The van der Waals surface area contributed by atoms with Gasteiger partial charge in [-0.1, -0.05) is 0 Å². The number of rotatable bonds is 4. The van der Waals surface area contributed by atoms with Crippen LogP contribution in [0.1, 0.15) is 0 Å². The fourth-order valence-corrected chi connectivity index (χ4v) is 3.82. The Kier molecular flexibility index (Phi) is 4.40. The summed E-state index contributed by atoms with van der Waals surface area (Å²) in [5.41, 5.74) is 3.68. The first-order valence-electron chi connectivity index (χ1n) is 9.54. The molecule has 5 rings (SSSR count). The van der Waals surface area contributed by atoms with E-state index in [-0.39, 0.29) is 12.5 Å². The molecule has 1 saturated heterocycles. The number of hydrogen-bond acceptors (Lipinski definition) is 5. The van der Waals surface area contributed by atoms with Gasteiger partial charge >= 0.3 is 0 Å². The number of ether oxygens (including phenoxy) is 2. The van der Waals surface area contributed by atoms with Crippen LogP contribution in [0.5, 0.6) is 5.75 Å². The normalized spacial score (nSPS) is 14.6. The molecule has 0 bridgehead atoms. The van der Waals surface area contributed by atoms with Gasteiger partial charge in [-0.15, -0.1) is 0 Å². The lowest BCUT2D eigenvalue weighted by Gasteiger charge is -2.27. The number of fused-ring (bicyclic) bond motifs is 2. The van der Waals surface area contributed by atoms with E-state index >= 15 is 0 Å². The first-order valence-corrected chi connectivity index (χ1v) is 9.54.